The predicted molar refractivity (Wildman–Crippen MR) is 102 cm³/mol. The molecule has 0 saturated heterocycles. The number of nitrogens with one attached hydrogen (secondary N) is 1. The molecule has 27 heavy (non-hydrogen) atoms. The third kappa shape index (κ3) is 5.86. The number of ether oxygens (including phenoxy) is 3. The molecule has 1 N–H and O–H groups in total. The van der Waals surface area contributed by atoms with Crippen molar-refractivity contribution in [3.05, 3.63) is 47.1 Å². The van der Waals surface area contributed by atoms with Gasteiger partial charge in [0.1, 0.15) is 5.82 Å². The summed E-state index contributed by atoms with van der Waals surface area (Å²) >= 11 is 5.75. The second-order valence-corrected chi connectivity index (χ2v) is 6.05. The van der Waals surface area contributed by atoms with Crippen molar-refractivity contribution in [3.8, 4) is 11.5 Å². The van der Waals surface area contributed by atoms with E-state index in [1.54, 1.807) is 24.3 Å². The first-order valence-corrected chi connectivity index (χ1v) is 8.76. The topological polar surface area (TPSA) is 86.8 Å². The van der Waals surface area contributed by atoms with Gasteiger partial charge in [0, 0.05) is 6.20 Å². The second kappa shape index (κ2) is 9.78. The van der Waals surface area contributed by atoms with Crippen molar-refractivity contribution in [2.75, 3.05) is 19.0 Å². The number of amides is 1. The van der Waals surface area contributed by atoms with Gasteiger partial charge in [0.25, 0.3) is 5.91 Å². The number of methoxy groups -OCH3 is 1. The summed E-state index contributed by atoms with van der Waals surface area (Å²) in [7, 11) is 1.48. The third-order valence-electron chi connectivity index (χ3n) is 3.49. The fourth-order valence-corrected chi connectivity index (χ4v) is 2.20. The highest BCUT2D eigenvalue weighted by molar-refractivity contribution is 6.30. The number of carbonyl (C=O) groups excluding carboxylic acids is 2. The molecule has 1 amide bonds. The van der Waals surface area contributed by atoms with E-state index in [9.17, 15) is 9.59 Å². The molecule has 0 saturated carbocycles. The summed E-state index contributed by atoms with van der Waals surface area (Å²) in [6, 6.07) is 7.84. The smallest absolute Gasteiger partial charge is 0.339 e. The number of esters is 1. The third-order valence-corrected chi connectivity index (χ3v) is 3.72. The molecule has 0 radical (unpaired) electrons. The van der Waals surface area contributed by atoms with Crippen LogP contribution in [-0.4, -0.2) is 36.7 Å². The van der Waals surface area contributed by atoms with Crippen LogP contribution in [0.5, 0.6) is 11.5 Å². The van der Waals surface area contributed by atoms with Crippen LogP contribution in [0.1, 0.15) is 30.6 Å². The Morgan fingerprint density at radius 2 is 2.00 bits per heavy atom. The lowest BCUT2D eigenvalue weighted by Crippen LogP contribution is -2.30. The van der Waals surface area contributed by atoms with E-state index in [-0.39, 0.29) is 5.56 Å². The van der Waals surface area contributed by atoms with Gasteiger partial charge in [0.05, 0.1) is 24.3 Å². The maximum Gasteiger partial charge on any atom is 0.339 e. The Bertz CT molecular complexity index is 795. The number of rotatable bonds is 8. The summed E-state index contributed by atoms with van der Waals surface area (Å²) in [6.07, 6.45) is 1.24. The number of hydrogen-bond acceptors (Lipinski definition) is 6. The first-order valence-electron chi connectivity index (χ1n) is 8.38. The highest BCUT2D eigenvalue weighted by Gasteiger charge is 2.20. The van der Waals surface area contributed by atoms with Gasteiger partial charge in [-0.3, -0.25) is 4.79 Å². The van der Waals surface area contributed by atoms with Crippen LogP contribution >= 0.6 is 11.6 Å². The number of halogens is 1. The molecule has 7 nitrogen and oxygen atoms in total. The lowest BCUT2D eigenvalue weighted by atomic mass is 10.2. The number of pyridine rings is 1. The van der Waals surface area contributed by atoms with Crippen molar-refractivity contribution in [3.63, 3.8) is 0 Å². The zero-order chi connectivity index (χ0) is 19.8. The summed E-state index contributed by atoms with van der Waals surface area (Å²) < 4.78 is 16.0. The van der Waals surface area contributed by atoms with Gasteiger partial charge < -0.3 is 19.5 Å². The van der Waals surface area contributed by atoms with E-state index in [0.29, 0.717) is 28.9 Å². The zero-order valence-corrected chi connectivity index (χ0v) is 16.1. The molecule has 8 heteroatoms. The average molecular weight is 393 g/mol. The molecule has 0 bridgehead atoms. The first-order chi connectivity index (χ1) is 12.9. The van der Waals surface area contributed by atoms with E-state index < -0.39 is 18.0 Å². The van der Waals surface area contributed by atoms with Crippen molar-refractivity contribution in [2.24, 2.45) is 0 Å². The quantitative estimate of drug-likeness (QED) is 0.689. The van der Waals surface area contributed by atoms with Crippen LogP contribution in [0.3, 0.4) is 0 Å². The SMILES string of the molecule is CCCOc1ccc(C(=O)O[C@@H](C)C(=O)Nc2ccc(Cl)cn2)cc1OC. The molecule has 0 aliphatic heterocycles. The van der Waals surface area contributed by atoms with E-state index in [2.05, 4.69) is 10.3 Å². The Kier molecular flexibility index (Phi) is 7.43. The largest absolute Gasteiger partial charge is 0.493 e. The number of benzene rings is 1. The summed E-state index contributed by atoms with van der Waals surface area (Å²) in [4.78, 5) is 28.4. The number of hydrogen-bond donors (Lipinski definition) is 1. The molecule has 1 aromatic heterocycles. The van der Waals surface area contributed by atoms with E-state index >= 15 is 0 Å². The summed E-state index contributed by atoms with van der Waals surface area (Å²) in [6.45, 7) is 4.00. The number of anilines is 1. The minimum Gasteiger partial charge on any atom is -0.493 e. The van der Waals surface area contributed by atoms with Crippen molar-refractivity contribution >= 4 is 29.3 Å². The van der Waals surface area contributed by atoms with Gasteiger partial charge in [-0.05, 0) is 43.7 Å². The van der Waals surface area contributed by atoms with E-state index in [0.717, 1.165) is 6.42 Å². The van der Waals surface area contributed by atoms with Crippen LogP contribution in [0.4, 0.5) is 5.82 Å². The van der Waals surface area contributed by atoms with Gasteiger partial charge in [0.15, 0.2) is 17.6 Å². The van der Waals surface area contributed by atoms with E-state index in [4.69, 9.17) is 25.8 Å². The van der Waals surface area contributed by atoms with Crippen LogP contribution in [0.25, 0.3) is 0 Å². The molecular formula is C19H21ClN2O5. The van der Waals surface area contributed by atoms with Crippen LogP contribution in [-0.2, 0) is 9.53 Å². The lowest BCUT2D eigenvalue weighted by molar-refractivity contribution is -0.123. The van der Waals surface area contributed by atoms with Gasteiger partial charge in [-0.15, -0.1) is 0 Å². The Labute approximate surface area is 162 Å². The Morgan fingerprint density at radius 1 is 1.22 bits per heavy atom. The second-order valence-electron chi connectivity index (χ2n) is 5.61. The van der Waals surface area contributed by atoms with Crippen molar-refractivity contribution in [2.45, 2.75) is 26.4 Å². The maximum atomic E-state index is 12.3. The molecule has 2 aromatic rings. The molecule has 0 aliphatic carbocycles. The highest BCUT2D eigenvalue weighted by atomic mass is 35.5. The monoisotopic (exact) mass is 392 g/mol. The van der Waals surface area contributed by atoms with Gasteiger partial charge in [0.2, 0.25) is 0 Å². The van der Waals surface area contributed by atoms with Gasteiger partial charge in [-0.25, -0.2) is 9.78 Å². The molecule has 1 aromatic carbocycles. The molecule has 2 rings (SSSR count). The maximum absolute atomic E-state index is 12.3. The summed E-state index contributed by atoms with van der Waals surface area (Å²) in [5.41, 5.74) is 0.250. The predicted octanol–water partition coefficient (Wildman–Crippen LogP) is 3.72. The number of carbonyl (C=O) groups is 2. The van der Waals surface area contributed by atoms with E-state index in [1.807, 2.05) is 6.92 Å². The van der Waals surface area contributed by atoms with Crippen molar-refractivity contribution in [1.29, 1.82) is 0 Å². The first kappa shape index (κ1) is 20.5. The molecule has 0 fully saturated rings. The van der Waals surface area contributed by atoms with Gasteiger partial charge in [-0.2, -0.15) is 0 Å². The van der Waals surface area contributed by atoms with Gasteiger partial charge >= 0.3 is 5.97 Å². The van der Waals surface area contributed by atoms with Crippen LogP contribution in [0.2, 0.25) is 5.02 Å². The van der Waals surface area contributed by atoms with Crippen molar-refractivity contribution in [1.82, 2.24) is 4.98 Å². The van der Waals surface area contributed by atoms with Crippen LogP contribution < -0.4 is 14.8 Å². The molecule has 0 aliphatic rings. The Hall–Kier alpha value is -2.80. The highest BCUT2D eigenvalue weighted by Crippen LogP contribution is 2.28. The standard InChI is InChI=1S/C19H21ClN2O5/c1-4-9-26-15-7-5-13(10-16(15)25-3)19(24)27-12(2)18(23)22-17-8-6-14(20)11-21-17/h5-8,10-12H,4,9H2,1-3H3,(H,21,22,23)/t12-/m0/s1. The zero-order valence-electron chi connectivity index (χ0n) is 15.3. The summed E-state index contributed by atoms with van der Waals surface area (Å²) in [5, 5.41) is 3.00. The normalized spacial score (nSPS) is 11.4. The van der Waals surface area contributed by atoms with Crippen LogP contribution in [0.15, 0.2) is 36.5 Å². The van der Waals surface area contributed by atoms with Crippen molar-refractivity contribution < 1.29 is 23.8 Å². The molecule has 0 spiro atoms. The summed E-state index contributed by atoms with van der Waals surface area (Å²) in [5.74, 6) is 0.109. The molecule has 0 unspecified atom stereocenters. The minimum absolute atomic E-state index is 0.250. The van der Waals surface area contributed by atoms with E-state index in [1.165, 1.54) is 26.3 Å². The fraction of sp³-hybridized carbons (Fsp3) is 0.316. The average Bonchev–Trinajstić information content (AvgIpc) is 2.67. The Balaban J connectivity index is 2.00. The molecule has 144 valence electrons. The molecule has 1 heterocycles. The van der Waals surface area contributed by atoms with Crippen LogP contribution in [0, 0.1) is 0 Å². The molecular weight excluding hydrogens is 372 g/mol. The number of nitrogens with zero attached hydrogens (tertiary/aromatic N) is 1. The Morgan fingerprint density at radius 3 is 2.63 bits per heavy atom. The molecule has 1 atom stereocenters. The fourth-order valence-electron chi connectivity index (χ4n) is 2.09. The minimum atomic E-state index is -1.02. The lowest BCUT2D eigenvalue weighted by Gasteiger charge is -2.14. The van der Waals surface area contributed by atoms with Gasteiger partial charge in [-0.1, -0.05) is 18.5 Å². The number of aromatic nitrogens is 1.